The van der Waals surface area contributed by atoms with Crippen molar-refractivity contribution in [2.45, 2.75) is 46.6 Å². The van der Waals surface area contributed by atoms with Crippen LogP contribution in [-0.2, 0) is 0 Å². The molecule has 27 heavy (non-hydrogen) atoms. The van der Waals surface area contributed by atoms with Crippen LogP contribution in [0.2, 0.25) is 0 Å². The smallest absolute Gasteiger partial charge is 0.0706 e. The molecule has 140 valence electrons. The van der Waals surface area contributed by atoms with Crippen LogP contribution in [0, 0.1) is 4.51 Å². The van der Waals surface area contributed by atoms with E-state index in [9.17, 15) is 0 Å². The Bertz CT molecular complexity index is 867. The zero-order valence-electron chi connectivity index (χ0n) is 16.1. The van der Waals surface area contributed by atoms with Crippen LogP contribution in [0.1, 0.15) is 27.7 Å². The standard InChI is InChI=1S/C23H24S4/c1-15(2)25-22-19(17-11-7-5-8-12-17)21(24)20(18-13-9-6-10-14-18)23(27-22)26-16(3)4/h5-16H,1-4H3. The van der Waals surface area contributed by atoms with Crippen LogP contribution in [0.3, 0.4) is 0 Å². The molecule has 0 N–H and O–H groups in total. The lowest BCUT2D eigenvalue weighted by Crippen LogP contribution is -1.94. The molecule has 0 nitrogen and oxygen atoms in total. The van der Waals surface area contributed by atoms with Gasteiger partial charge in [0.05, 0.1) is 12.9 Å². The largest absolute Gasteiger partial charge is 0.121 e. The minimum atomic E-state index is 0.512. The first-order chi connectivity index (χ1) is 13.0. The molecular weight excluding hydrogens is 405 g/mol. The third-order valence-corrected chi connectivity index (χ3v) is 7.90. The number of benzene rings is 2. The van der Waals surface area contributed by atoms with Crippen molar-refractivity contribution in [2.75, 3.05) is 0 Å². The molecule has 1 aromatic heterocycles. The van der Waals surface area contributed by atoms with Gasteiger partial charge in [-0.3, -0.25) is 0 Å². The molecule has 3 aromatic rings. The number of rotatable bonds is 6. The Balaban J connectivity index is 2.33. The van der Waals surface area contributed by atoms with Crippen molar-refractivity contribution in [3.63, 3.8) is 0 Å². The predicted octanol–water partition coefficient (Wildman–Crippen LogP) is 8.81. The van der Waals surface area contributed by atoms with Crippen LogP contribution in [0.15, 0.2) is 69.1 Å². The fourth-order valence-corrected chi connectivity index (χ4v) is 8.04. The summed E-state index contributed by atoms with van der Waals surface area (Å²) in [6, 6.07) is 21.2. The topological polar surface area (TPSA) is 0 Å². The summed E-state index contributed by atoms with van der Waals surface area (Å²) in [6.07, 6.45) is 0. The van der Waals surface area contributed by atoms with Crippen molar-refractivity contribution in [2.24, 2.45) is 0 Å². The summed E-state index contributed by atoms with van der Waals surface area (Å²) in [5.74, 6) is 0. The van der Waals surface area contributed by atoms with Crippen LogP contribution in [0.4, 0.5) is 0 Å². The molecule has 0 bridgehead atoms. The van der Waals surface area contributed by atoms with Crippen molar-refractivity contribution in [1.82, 2.24) is 0 Å². The Kier molecular flexibility index (Phi) is 7.21. The first kappa shape index (κ1) is 20.7. The van der Waals surface area contributed by atoms with Gasteiger partial charge >= 0.3 is 0 Å². The van der Waals surface area contributed by atoms with Gasteiger partial charge in [-0.2, -0.15) is 0 Å². The minimum Gasteiger partial charge on any atom is -0.121 e. The Hall–Kier alpha value is -1.07. The third-order valence-electron chi connectivity index (χ3n) is 3.86. The fourth-order valence-electron chi connectivity index (χ4n) is 2.80. The average molecular weight is 429 g/mol. The van der Waals surface area contributed by atoms with Gasteiger partial charge in [-0.15, -0.1) is 34.9 Å². The Morgan fingerprint density at radius 3 is 1.37 bits per heavy atom. The van der Waals surface area contributed by atoms with E-state index in [1.807, 2.05) is 34.9 Å². The van der Waals surface area contributed by atoms with Gasteiger partial charge in [0.25, 0.3) is 0 Å². The number of hydrogen-bond donors (Lipinski definition) is 0. The molecule has 0 unspecified atom stereocenters. The molecule has 0 fully saturated rings. The molecule has 0 spiro atoms. The van der Waals surface area contributed by atoms with Gasteiger partial charge in [0.1, 0.15) is 0 Å². The van der Waals surface area contributed by atoms with E-state index in [1.165, 1.54) is 30.7 Å². The summed E-state index contributed by atoms with van der Waals surface area (Å²) in [5, 5.41) is 1.02. The lowest BCUT2D eigenvalue weighted by Gasteiger charge is -2.18. The van der Waals surface area contributed by atoms with E-state index in [-0.39, 0.29) is 0 Å². The van der Waals surface area contributed by atoms with Gasteiger partial charge in [-0.1, -0.05) is 101 Å². The lowest BCUT2D eigenvalue weighted by atomic mass is 10.0. The molecule has 4 heteroatoms. The highest BCUT2D eigenvalue weighted by molar-refractivity contribution is 8.04. The van der Waals surface area contributed by atoms with Crippen molar-refractivity contribution in [3.05, 3.63) is 65.2 Å². The molecule has 0 amide bonds. The second-order valence-corrected chi connectivity index (χ2v) is 11.9. The summed E-state index contributed by atoms with van der Waals surface area (Å²) >= 11 is 11.8. The normalized spacial score (nSPS) is 11.3. The van der Waals surface area contributed by atoms with Gasteiger partial charge < -0.3 is 0 Å². The van der Waals surface area contributed by atoms with E-state index in [0.29, 0.717) is 10.5 Å². The average Bonchev–Trinajstić information content (AvgIpc) is 2.62. The second-order valence-electron chi connectivity index (χ2n) is 6.82. The zero-order chi connectivity index (χ0) is 19.4. The van der Waals surface area contributed by atoms with Crippen LogP contribution in [-0.4, -0.2) is 10.5 Å². The summed E-state index contributed by atoms with van der Waals surface area (Å²) in [7, 11) is 0. The minimum absolute atomic E-state index is 0.512. The van der Waals surface area contributed by atoms with Crippen molar-refractivity contribution in [3.8, 4) is 22.3 Å². The molecule has 0 saturated heterocycles. The Morgan fingerprint density at radius 1 is 0.667 bits per heavy atom. The monoisotopic (exact) mass is 428 g/mol. The highest BCUT2D eigenvalue weighted by Gasteiger charge is 2.19. The summed E-state index contributed by atoms with van der Waals surface area (Å²) in [5.41, 5.74) is 4.84. The first-order valence-corrected chi connectivity index (χ1v) is 12.1. The van der Waals surface area contributed by atoms with Crippen LogP contribution in [0.5, 0.6) is 0 Å². The molecule has 0 aliphatic heterocycles. The second kappa shape index (κ2) is 9.42. The SMILES string of the molecule is CC(C)Sc1sc(SC(C)C)c(-c2ccccc2)c(=S)c1-c1ccccc1. The Labute approximate surface area is 180 Å². The number of hydrogen-bond acceptors (Lipinski definition) is 4. The highest BCUT2D eigenvalue weighted by Crippen LogP contribution is 2.48. The molecule has 1 heterocycles. The highest BCUT2D eigenvalue weighted by atomic mass is 32.2. The van der Waals surface area contributed by atoms with E-state index in [0.717, 1.165) is 4.51 Å². The fraction of sp³-hybridized carbons (Fsp3) is 0.261. The molecule has 3 rings (SSSR count). The van der Waals surface area contributed by atoms with Crippen LogP contribution >= 0.6 is 47.1 Å². The van der Waals surface area contributed by atoms with Gasteiger partial charge in [0.15, 0.2) is 0 Å². The van der Waals surface area contributed by atoms with Crippen molar-refractivity contribution < 1.29 is 0 Å². The maximum absolute atomic E-state index is 6.12. The quantitative estimate of drug-likeness (QED) is 0.284. The maximum Gasteiger partial charge on any atom is 0.0706 e. The molecule has 0 aliphatic carbocycles. The Morgan fingerprint density at radius 2 is 1.04 bits per heavy atom. The van der Waals surface area contributed by atoms with E-state index in [1.54, 1.807) is 0 Å². The van der Waals surface area contributed by atoms with Gasteiger partial charge in [-0.25, -0.2) is 0 Å². The summed E-state index contributed by atoms with van der Waals surface area (Å²) in [4.78, 5) is 0. The summed E-state index contributed by atoms with van der Waals surface area (Å²) in [6.45, 7) is 8.98. The van der Waals surface area contributed by atoms with E-state index < -0.39 is 0 Å². The molecule has 0 aliphatic rings. The molecular formula is C23H24S4. The van der Waals surface area contributed by atoms with Crippen molar-refractivity contribution in [1.29, 1.82) is 0 Å². The van der Waals surface area contributed by atoms with E-state index >= 15 is 0 Å². The molecule has 0 radical (unpaired) electrons. The van der Waals surface area contributed by atoms with Gasteiger partial charge in [0.2, 0.25) is 0 Å². The zero-order valence-corrected chi connectivity index (χ0v) is 19.3. The van der Waals surface area contributed by atoms with E-state index in [4.69, 9.17) is 12.2 Å². The van der Waals surface area contributed by atoms with Crippen LogP contribution < -0.4 is 0 Å². The maximum atomic E-state index is 6.12. The van der Waals surface area contributed by atoms with Crippen molar-refractivity contribution >= 4 is 47.1 Å². The third kappa shape index (κ3) is 5.05. The van der Waals surface area contributed by atoms with Crippen LogP contribution in [0.25, 0.3) is 22.3 Å². The molecule has 0 atom stereocenters. The van der Waals surface area contributed by atoms with E-state index in [2.05, 4.69) is 88.4 Å². The summed E-state index contributed by atoms with van der Waals surface area (Å²) < 4.78 is 3.62. The predicted molar refractivity (Wildman–Crippen MR) is 128 cm³/mol. The molecule has 2 aromatic carbocycles. The van der Waals surface area contributed by atoms with Gasteiger partial charge in [-0.05, 0) is 11.1 Å². The number of thioether (sulfide) groups is 2. The first-order valence-electron chi connectivity index (χ1n) is 9.12. The van der Waals surface area contributed by atoms with Gasteiger partial charge in [0, 0.05) is 21.6 Å². The molecule has 0 saturated carbocycles. The lowest BCUT2D eigenvalue weighted by molar-refractivity contribution is 1.11.